The zero-order chi connectivity index (χ0) is 22.0. The quantitative estimate of drug-likeness (QED) is 0.517. The molecule has 1 fully saturated rings. The third-order valence-corrected chi connectivity index (χ3v) is 6.07. The fourth-order valence-corrected chi connectivity index (χ4v) is 4.57. The number of nitro groups is 1. The molecule has 8 nitrogen and oxygen atoms in total. The zero-order valence-corrected chi connectivity index (χ0v) is 17.5. The lowest BCUT2D eigenvalue weighted by Crippen LogP contribution is -2.51. The van der Waals surface area contributed by atoms with Gasteiger partial charge in [0.15, 0.2) is 12.0 Å². The average molecular weight is 448 g/mol. The summed E-state index contributed by atoms with van der Waals surface area (Å²) in [5.41, 5.74) is 0.839. The molecule has 1 atom stereocenters. The van der Waals surface area contributed by atoms with Gasteiger partial charge in [0.05, 0.1) is 29.1 Å². The van der Waals surface area contributed by atoms with Gasteiger partial charge in [0.25, 0.3) is 0 Å². The van der Waals surface area contributed by atoms with Gasteiger partial charge in [-0.15, -0.1) is 0 Å². The molecule has 1 aliphatic heterocycles. The van der Waals surface area contributed by atoms with Gasteiger partial charge in [0, 0.05) is 11.1 Å². The minimum atomic E-state index is -1.24. The second-order valence-electron chi connectivity index (χ2n) is 7.77. The fourth-order valence-electron chi connectivity index (χ4n) is 4.38. The second kappa shape index (κ2) is 8.82. The highest BCUT2D eigenvalue weighted by molar-refractivity contribution is 6.30. The molecule has 2 aliphatic rings. The van der Waals surface area contributed by atoms with Crippen LogP contribution >= 0.6 is 11.6 Å². The highest BCUT2D eigenvalue weighted by Gasteiger charge is 2.47. The predicted octanol–water partition coefficient (Wildman–Crippen LogP) is 4.36. The van der Waals surface area contributed by atoms with E-state index in [1.54, 1.807) is 0 Å². The van der Waals surface area contributed by atoms with Gasteiger partial charge in [0.1, 0.15) is 6.61 Å². The minimum Gasteiger partial charge on any atom is -0.486 e. The van der Waals surface area contributed by atoms with Crippen LogP contribution in [0.25, 0.3) is 0 Å². The van der Waals surface area contributed by atoms with Crippen LogP contribution in [-0.2, 0) is 21.3 Å². The molecular formula is C22H22ClNO7. The Morgan fingerprint density at radius 2 is 2.00 bits per heavy atom. The van der Waals surface area contributed by atoms with E-state index in [2.05, 4.69) is 0 Å². The summed E-state index contributed by atoms with van der Waals surface area (Å²) in [6.07, 6.45) is 2.67. The van der Waals surface area contributed by atoms with E-state index in [1.165, 1.54) is 12.1 Å². The van der Waals surface area contributed by atoms with Crippen molar-refractivity contribution in [1.29, 1.82) is 0 Å². The maximum Gasteiger partial charge on any atom is 0.335 e. The molecule has 2 aromatic carbocycles. The SMILES string of the molecule is O=C(O)c1ccc(OC[C@@]2(C3OCCCO3)CCCc3cc(Cl)ccc32)c([N+](=O)[O-])c1. The number of ether oxygens (including phenoxy) is 3. The van der Waals surface area contributed by atoms with Crippen LogP contribution in [-0.4, -0.2) is 42.1 Å². The van der Waals surface area contributed by atoms with E-state index in [1.807, 2.05) is 18.2 Å². The van der Waals surface area contributed by atoms with Crippen molar-refractivity contribution in [3.8, 4) is 5.75 Å². The van der Waals surface area contributed by atoms with Crippen LogP contribution in [0.15, 0.2) is 36.4 Å². The Bertz CT molecular complexity index is 1010. The molecule has 4 rings (SSSR count). The fraction of sp³-hybridized carbons (Fsp3) is 0.409. The first kappa shape index (κ1) is 21.5. The Morgan fingerprint density at radius 1 is 1.23 bits per heavy atom. The average Bonchev–Trinajstić information content (AvgIpc) is 2.77. The van der Waals surface area contributed by atoms with E-state index in [4.69, 9.17) is 30.9 Å². The normalized spacial score (nSPS) is 21.3. The molecule has 0 amide bonds. The lowest BCUT2D eigenvalue weighted by Gasteiger charge is -2.45. The number of carboxylic acid groups (broad SMARTS) is 1. The number of carboxylic acids is 1. The Morgan fingerprint density at radius 3 is 2.71 bits per heavy atom. The third kappa shape index (κ3) is 4.23. The topological polar surface area (TPSA) is 108 Å². The van der Waals surface area contributed by atoms with E-state index in [9.17, 15) is 14.9 Å². The van der Waals surface area contributed by atoms with Crippen LogP contribution < -0.4 is 4.74 Å². The van der Waals surface area contributed by atoms with E-state index in [0.717, 1.165) is 36.5 Å². The Balaban J connectivity index is 1.71. The highest BCUT2D eigenvalue weighted by atomic mass is 35.5. The molecule has 164 valence electrons. The summed E-state index contributed by atoms with van der Waals surface area (Å²) in [7, 11) is 0. The number of fused-ring (bicyclic) bond motifs is 1. The molecule has 2 aromatic rings. The first-order chi connectivity index (χ1) is 14.9. The van der Waals surface area contributed by atoms with Crippen molar-refractivity contribution in [2.45, 2.75) is 37.4 Å². The predicted molar refractivity (Wildman–Crippen MR) is 112 cm³/mol. The van der Waals surface area contributed by atoms with Gasteiger partial charge in [0.2, 0.25) is 0 Å². The van der Waals surface area contributed by atoms with E-state index >= 15 is 0 Å². The number of carbonyl (C=O) groups is 1. The third-order valence-electron chi connectivity index (χ3n) is 5.84. The standard InChI is InChI=1S/C22H22ClNO7/c23-16-5-6-17-14(11-16)3-1-8-22(17,21-29-9-2-10-30-21)13-31-19-7-4-15(20(25)26)12-18(19)24(27)28/h4-7,11-12,21H,1-3,8-10,13H2,(H,25,26)/t22-/m0/s1. The van der Waals surface area contributed by atoms with Gasteiger partial charge in [-0.3, -0.25) is 10.1 Å². The first-order valence-corrected chi connectivity index (χ1v) is 10.5. The maximum atomic E-state index is 11.5. The Kier molecular flexibility index (Phi) is 6.13. The molecule has 0 unspecified atom stereocenters. The van der Waals surface area contributed by atoms with E-state index in [-0.39, 0.29) is 17.9 Å². The van der Waals surface area contributed by atoms with Gasteiger partial charge in [-0.05, 0) is 61.1 Å². The minimum absolute atomic E-state index is 0.00581. The van der Waals surface area contributed by atoms with Crippen LogP contribution in [0.1, 0.15) is 40.7 Å². The molecule has 0 saturated carbocycles. The summed E-state index contributed by atoms with van der Waals surface area (Å²) in [5.74, 6) is -1.24. The van der Waals surface area contributed by atoms with Crippen molar-refractivity contribution in [3.63, 3.8) is 0 Å². The monoisotopic (exact) mass is 447 g/mol. The summed E-state index contributed by atoms with van der Waals surface area (Å²) in [6.45, 7) is 1.20. The number of halogens is 1. The van der Waals surface area contributed by atoms with E-state index in [0.29, 0.717) is 24.7 Å². The molecule has 0 radical (unpaired) electrons. The summed E-state index contributed by atoms with van der Waals surface area (Å²) in [4.78, 5) is 22.1. The molecule has 31 heavy (non-hydrogen) atoms. The van der Waals surface area contributed by atoms with Crippen LogP contribution in [0.5, 0.6) is 5.75 Å². The zero-order valence-electron chi connectivity index (χ0n) is 16.7. The Labute approximate surface area is 183 Å². The summed E-state index contributed by atoms with van der Waals surface area (Å²) in [6, 6.07) is 9.31. The second-order valence-corrected chi connectivity index (χ2v) is 8.21. The highest BCUT2D eigenvalue weighted by Crippen LogP contribution is 2.44. The number of aromatic carboxylic acids is 1. The van der Waals surface area contributed by atoms with Gasteiger partial charge < -0.3 is 19.3 Å². The van der Waals surface area contributed by atoms with Crippen molar-refractivity contribution in [3.05, 3.63) is 68.2 Å². The molecule has 1 N–H and O–H groups in total. The van der Waals surface area contributed by atoms with Crippen molar-refractivity contribution >= 4 is 23.3 Å². The smallest absolute Gasteiger partial charge is 0.335 e. The molecule has 9 heteroatoms. The van der Waals surface area contributed by atoms with E-state index < -0.39 is 28.3 Å². The number of nitrogens with zero attached hydrogens (tertiary/aromatic N) is 1. The number of nitro benzene ring substituents is 1. The summed E-state index contributed by atoms with van der Waals surface area (Å²) >= 11 is 6.21. The number of aryl methyl sites for hydroxylation is 1. The number of hydrogen-bond acceptors (Lipinski definition) is 6. The molecule has 1 aliphatic carbocycles. The van der Waals surface area contributed by atoms with Gasteiger partial charge in [-0.2, -0.15) is 0 Å². The number of hydrogen-bond donors (Lipinski definition) is 1. The van der Waals surface area contributed by atoms with Gasteiger partial charge >= 0.3 is 11.7 Å². The van der Waals surface area contributed by atoms with Crippen LogP contribution in [0.3, 0.4) is 0 Å². The molecule has 1 heterocycles. The molecular weight excluding hydrogens is 426 g/mol. The van der Waals surface area contributed by atoms with Crippen molar-refractivity contribution in [1.82, 2.24) is 0 Å². The van der Waals surface area contributed by atoms with Gasteiger partial charge in [-0.25, -0.2) is 4.79 Å². The summed E-state index contributed by atoms with van der Waals surface area (Å²) < 4.78 is 17.9. The molecule has 0 aromatic heterocycles. The lowest BCUT2D eigenvalue weighted by atomic mass is 9.69. The number of rotatable bonds is 6. The molecule has 1 saturated heterocycles. The van der Waals surface area contributed by atoms with Crippen molar-refractivity contribution < 1.29 is 29.0 Å². The maximum absolute atomic E-state index is 11.5. The molecule has 0 spiro atoms. The largest absolute Gasteiger partial charge is 0.486 e. The first-order valence-electron chi connectivity index (χ1n) is 10.1. The lowest BCUT2D eigenvalue weighted by molar-refractivity contribution is -0.386. The molecule has 0 bridgehead atoms. The van der Waals surface area contributed by atoms with Gasteiger partial charge in [-0.1, -0.05) is 17.7 Å². The number of benzene rings is 2. The Hall–Kier alpha value is -2.68. The van der Waals surface area contributed by atoms with Crippen LogP contribution in [0.2, 0.25) is 5.02 Å². The van der Waals surface area contributed by atoms with Crippen LogP contribution in [0, 0.1) is 10.1 Å². The van der Waals surface area contributed by atoms with Crippen molar-refractivity contribution in [2.24, 2.45) is 0 Å². The summed E-state index contributed by atoms with van der Waals surface area (Å²) in [5, 5.41) is 21.3. The van der Waals surface area contributed by atoms with Crippen LogP contribution in [0.4, 0.5) is 5.69 Å². The van der Waals surface area contributed by atoms with Crippen molar-refractivity contribution in [2.75, 3.05) is 19.8 Å².